The molecule has 5 rings (SSSR count). The maximum Gasteiger partial charge on any atom is 0.416 e. The van der Waals surface area contributed by atoms with E-state index >= 15 is 0 Å². The van der Waals surface area contributed by atoms with Crippen LogP contribution in [0.5, 0.6) is 0 Å². The van der Waals surface area contributed by atoms with Crippen molar-refractivity contribution in [1.29, 1.82) is 0 Å². The summed E-state index contributed by atoms with van der Waals surface area (Å²) in [5, 5.41) is 16.3. The zero-order valence-electron chi connectivity index (χ0n) is 20.8. The fourth-order valence-corrected chi connectivity index (χ4v) is 4.60. The summed E-state index contributed by atoms with van der Waals surface area (Å²) in [4.78, 5) is 24.5. The third kappa shape index (κ3) is 5.49. The van der Waals surface area contributed by atoms with Crippen LogP contribution in [0.1, 0.15) is 22.3 Å². The van der Waals surface area contributed by atoms with Crippen LogP contribution in [-0.4, -0.2) is 27.6 Å². The minimum atomic E-state index is -4.45. The molecule has 1 atom stereocenters. The van der Waals surface area contributed by atoms with Crippen LogP contribution in [0, 0.1) is 0 Å². The molecule has 0 fully saturated rings. The third-order valence-corrected chi connectivity index (χ3v) is 6.62. The largest absolute Gasteiger partial charge is 0.416 e. The molecule has 0 saturated carbocycles. The van der Waals surface area contributed by atoms with E-state index in [1.807, 2.05) is 42.1 Å². The van der Waals surface area contributed by atoms with Gasteiger partial charge in [-0.25, -0.2) is 0 Å². The van der Waals surface area contributed by atoms with Gasteiger partial charge >= 0.3 is 6.18 Å². The number of nitrogens with zero attached hydrogens (tertiary/aromatic N) is 1. The van der Waals surface area contributed by atoms with Gasteiger partial charge in [0.15, 0.2) is 0 Å². The number of benzene rings is 3. The number of fused-ring (bicyclic) bond motifs is 2. The summed E-state index contributed by atoms with van der Waals surface area (Å²) in [6.45, 7) is 0. The van der Waals surface area contributed by atoms with Crippen molar-refractivity contribution in [3.8, 4) is 0 Å². The number of hydrogen-bond donors (Lipinski definition) is 3. The van der Waals surface area contributed by atoms with Crippen molar-refractivity contribution < 1.29 is 27.9 Å². The van der Waals surface area contributed by atoms with Crippen LogP contribution in [0.3, 0.4) is 0 Å². The smallest absolute Gasteiger partial charge is 0.383 e. The quantitative estimate of drug-likeness (QED) is 0.229. The third-order valence-electron chi connectivity index (χ3n) is 6.62. The maximum absolute atomic E-state index is 13.1. The lowest BCUT2D eigenvalue weighted by molar-refractivity contribution is -0.137. The molecule has 1 unspecified atom stereocenters. The van der Waals surface area contributed by atoms with Crippen molar-refractivity contribution in [2.24, 2.45) is 7.05 Å². The molecule has 3 N–H and O–H groups in total. The second kappa shape index (κ2) is 10.3. The Bertz CT molecular complexity index is 1630. The van der Waals surface area contributed by atoms with Crippen molar-refractivity contribution >= 4 is 39.7 Å². The highest BCUT2D eigenvalue weighted by Crippen LogP contribution is 2.33. The van der Waals surface area contributed by atoms with Crippen LogP contribution in [0.2, 0.25) is 0 Å². The standard InChI is InChI=1S/C30H24F3N3O3/c1-36-15-14-20-16-19(10-13-26(20)36)22(18-8-11-21(12-9-18)30(31,32)33)4-2-7-28(38)34-24-5-3-6-25-23(24)17-27(37)29(39)35-25/h2-16,27,37H,17H2,1H3,(H,34,38)(H,35,39)/b7-2+,22-4-. The number of anilines is 2. The number of allylic oxidation sites excluding steroid dienone is 2. The fraction of sp³-hybridized carbons (Fsp3) is 0.133. The zero-order valence-corrected chi connectivity index (χ0v) is 20.8. The fourth-order valence-electron chi connectivity index (χ4n) is 4.60. The summed E-state index contributed by atoms with van der Waals surface area (Å²) >= 11 is 0. The van der Waals surface area contributed by atoms with Crippen molar-refractivity contribution in [3.05, 3.63) is 113 Å². The minimum absolute atomic E-state index is 0.0707. The first-order valence-corrected chi connectivity index (χ1v) is 12.1. The number of amides is 2. The number of aromatic nitrogens is 1. The van der Waals surface area contributed by atoms with Gasteiger partial charge in [-0.05, 0) is 59.2 Å². The number of nitrogens with one attached hydrogen (secondary N) is 2. The van der Waals surface area contributed by atoms with Crippen molar-refractivity contribution in [1.82, 2.24) is 4.57 Å². The van der Waals surface area contributed by atoms with E-state index in [2.05, 4.69) is 10.6 Å². The lowest BCUT2D eigenvalue weighted by atomic mass is 9.95. The minimum Gasteiger partial charge on any atom is -0.383 e. The Kier molecular flexibility index (Phi) is 6.84. The molecule has 3 aromatic carbocycles. The van der Waals surface area contributed by atoms with E-state index in [0.717, 1.165) is 28.6 Å². The molecule has 6 nitrogen and oxygen atoms in total. The molecule has 1 aliphatic heterocycles. The molecular weight excluding hydrogens is 507 g/mol. The van der Waals surface area contributed by atoms with Gasteiger partial charge in [-0.15, -0.1) is 0 Å². The summed E-state index contributed by atoms with van der Waals surface area (Å²) in [5.74, 6) is -0.947. The molecule has 1 aromatic heterocycles. The van der Waals surface area contributed by atoms with Gasteiger partial charge < -0.3 is 20.3 Å². The van der Waals surface area contributed by atoms with E-state index in [1.165, 1.54) is 24.3 Å². The zero-order chi connectivity index (χ0) is 27.7. The Balaban J connectivity index is 1.44. The monoisotopic (exact) mass is 531 g/mol. The number of halogens is 3. The van der Waals surface area contributed by atoms with E-state index in [9.17, 15) is 27.9 Å². The molecule has 0 aliphatic carbocycles. The molecule has 2 amide bonds. The SMILES string of the molecule is Cn1ccc2cc(/C(=C\C=C\C(=O)Nc3cccc4c3CC(O)C(=O)N4)c3ccc(C(F)(F)F)cc3)ccc21. The normalized spacial score (nSPS) is 15.9. The van der Waals surface area contributed by atoms with Crippen molar-refractivity contribution in [2.75, 3.05) is 10.6 Å². The van der Waals surface area contributed by atoms with Gasteiger partial charge in [-0.3, -0.25) is 9.59 Å². The first kappa shape index (κ1) is 26.0. The molecule has 0 saturated heterocycles. The molecule has 4 aromatic rings. The topological polar surface area (TPSA) is 83.4 Å². The first-order chi connectivity index (χ1) is 18.6. The summed E-state index contributed by atoms with van der Waals surface area (Å²) in [6, 6.07) is 17.6. The number of hydrogen-bond acceptors (Lipinski definition) is 3. The van der Waals surface area contributed by atoms with E-state index < -0.39 is 29.7 Å². The maximum atomic E-state index is 13.1. The van der Waals surface area contributed by atoms with Crippen LogP contribution in [0.25, 0.3) is 16.5 Å². The Morgan fingerprint density at radius 3 is 2.56 bits per heavy atom. The highest BCUT2D eigenvalue weighted by molar-refractivity contribution is 6.03. The summed E-state index contributed by atoms with van der Waals surface area (Å²) in [5.41, 5.74) is 3.84. The molecule has 0 spiro atoms. The van der Waals surface area contributed by atoms with Gasteiger partial charge in [0.25, 0.3) is 5.91 Å². The predicted octanol–water partition coefficient (Wildman–Crippen LogP) is 5.68. The number of aryl methyl sites for hydroxylation is 1. The van der Waals surface area contributed by atoms with Crippen LogP contribution in [0.15, 0.2) is 91.2 Å². The van der Waals surface area contributed by atoms with E-state index in [-0.39, 0.29) is 6.42 Å². The van der Waals surface area contributed by atoms with E-state index in [4.69, 9.17) is 0 Å². The number of carbonyl (C=O) groups is 2. The Labute approximate surface area is 222 Å². The number of aliphatic hydroxyl groups excluding tert-OH is 1. The van der Waals surface area contributed by atoms with Crippen LogP contribution < -0.4 is 10.6 Å². The average Bonchev–Trinajstić information content (AvgIpc) is 3.27. The Morgan fingerprint density at radius 2 is 1.82 bits per heavy atom. The van der Waals surface area contributed by atoms with E-state index in [0.29, 0.717) is 28.1 Å². The van der Waals surface area contributed by atoms with Gasteiger partial charge in [0.1, 0.15) is 6.10 Å². The van der Waals surface area contributed by atoms with Gasteiger partial charge in [0.2, 0.25) is 5.91 Å². The number of aliphatic hydroxyl groups is 1. The van der Waals surface area contributed by atoms with E-state index in [1.54, 1.807) is 24.3 Å². The number of alkyl halides is 3. The molecule has 9 heteroatoms. The second-order valence-corrected chi connectivity index (χ2v) is 9.24. The molecule has 2 heterocycles. The molecule has 0 radical (unpaired) electrons. The molecule has 39 heavy (non-hydrogen) atoms. The van der Waals surface area contributed by atoms with Crippen LogP contribution in [-0.2, 0) is 29.2 Å². The Morgan fingerprint density at radius 1 is 1.08 bits per heavy atom. The molecule has 198 valence electrons. The van der Waals surface area contributed by atoms with Crippen LogP contribution in [0.4, 0.5) is 24.5 Å². The van der Waals surface area contributed by atoms with Crippen molar-refractivity contribution in [3.63, 3.8) is 0 Å². The highest BCUT2D eigenvalue weighted by atomic mass is 19.4. The molecule has 1 aliphatic rings. The first-order valence-electron chi connectivity index (χ1n) is 12.1. The van der Waals surface area contributed by atoms with Gasteiger partial charge in [0.05, 0.1) is 5.56 Å². The summed E-state index contributed by atoms with van der Waals surface area (Å²) < 4.78 is 41.4. The van der Waals surface area contributed by atoms with Gasteiger partial charge in [0, 0.05) is 53.6 Å². The lowest BCUT2D eigenvalue weighted by Gasteiger charge is -2.23. The van der Waals surface area contributed by atoms with Crippen molar-refractivity contribution in [2.45, 2.75) is 18.7 Å². The number of rotatable bonds is 5. The predicted molar refractivity (Wildman–Crippen MR) is 144 cm³/mol. The second-order valence-electron chi connectivity index (χ2n) is 9.24. The van der Waals surface area contributed by atoms with Gasteiger partial charge in [-0.1, -0.05) is 36.4 Å². The van der Waals surface area contributed by atoms with Crippen LogP contribution >= 0.6 is 0 Å². The Hall–Kier alpha value is -4.63. The summed E-state index contributed by atoms with van der Waals surface area (Å²) in [7, 11) is 1.93. The molecule has 0 bridgehead atoms. The van der Waals surface area contributed by atoms with Gasteiger partial charge in [-0.2, -0.15) is 13.2 Å². The number of carbonyl (C=O) groups excluding carboxylic acids is 2. The molecular formula is C30H24F3N3O3. The lowest BCUT2D eigenvalue weighted by Crippen LogP contribution is -2.34. The summed E-state index contributed by atoms with van der Waals surface area (Å²) in [6.07, 6.45) is 0.859. The highest BCUT2D eigenvalue weighted by Gasteiger charge is 2.30. The average molecular weight is 532 g/mol.